The van der Waals surface area contributed by atoms with Gasteiger partial charge in [-0.2, -0.15) is 0 Å². The Kier molecular flexibility index (Phi) is 5.24. The van der Waals surface area contributed by atoms with E-state index in [1.54, 1.807) is 0 Å². The summed E-state index contributed by atoms with van der Waals surface area (Å²) in [4.78, 5) is 17.7. The molecular weight excluding hydrogens is 390 g/mol. The van der Waals surface area contributed by atoms with Crippen LogP contribution in [-0.2, 0) is 4.74 Å². The molecule has 2 aromatic carbocycles. The number of para-hydroxylation sites is 1. The Morgan fingerprint density at radius 1 is 1.00 bits per heavy atom. The number of benzene rings is 2. The van der Waals surface area contributed by atoms with E-state index in [9.17, 15) is 4.79 Å². The largest absolute Gasteiger partial charge is 0.446 e. The van der Waals surface area contributed by atoms with Gasteiger partial charge in [0.1, 0.15) is 11.9 Å². The molecule has 31 heavy (non-hydrogen) atoms. The molecule has 5 rings (SSSR count). The number of nitrogens with one attached hydrogen (secondary N) is 1. The number of amides is 1. The normalized spacial score (nSPS) is 18.4. The molecule has 1 saturated carbocycles. The topological polar surface area (TPSA) is 81.4 Å². The molecule has 1 aromatic heterocycles. The summed E-state index contributed by atoms with van der Waals surface area (Å²) in [6, 6.07) is 18.0. The highest BCUT2D eigenvalue weighted by Crippen LogP contribution is 2.30. The van der Waals surface area contributed by atoms with E-state index in [0.717, 1.165) is 54.0 Å². The number of rotatable bonds is 3. The maximum absolute atomic E-state index is 12.8. The van der Waals surface area contributed by atoms with E-state index < -0.39 is 12.3 Å². The zero-order chi connectivity index (χ0) is 21.2. The minimum absolute atomic E-state index is 0.0334. The summed E-state index contributed by atoms with van der Waals surface area (Å²) in [6.45, 7) is 1.90. The number of carbonyl (C=O) groups excluding carboxylic acids is 1. The minimum Gasteiger partial charge on any atom is -0.446 e. The standard InChI is InChI=1S/C24H25N5O2/c1-16-27-28-23-22(26-24(30)31-18-12-6-3-7-13-18)25-21(17-10-4-2-5-11-17)19-14-8-9-15-20(19)29(16)23/h2,4-5,8-11,14-15,18,22H,3,6-7,12-13H2,1H3,(H,26,30). The molecule has 3 aromatic rings. The van der Waals surface area contributed by atoms with Crippen LogP contribution in [0.3, 0.4) is 0 Å². The molecular formula is C24H25N5O2. The second-order valence-electron chi connectivity index (χ2n) is 8.01. The number of carbonyl (C=O) groups is 1. The molecule has 2 heterocycles. The van der Waals surface area contributed by atoms with Gasteiger partial charge in [-0.25, -0.2) is 4.79 Å². The summed E-state index contributed by atoms with van der Waals surface area (Å²) >= 11 is 0. The van der Waals surface area contributed by atoms with Gasteiger partial charge in [-0.15, -0.1) is 10.2 Å². The Morgan fingerprint density at radius 3 is 2.55 bits per heavy atom. The third-order valence-corrected chi connectivity index (χ3v) is 5.88. The Labute approximate surface area is 181 Å². The van der Waals surface area contributed by atoms with E-state index >= 15 is 0 Å². The number of aromatic nitrogens is 3. The first-order valence-electron chi connectivity index (χ1n) is 10.8. The molecule has 1 N–H and O–H groups in total. The molecule has 0 spiro atoms. The van der Waals surface area contributed by atoms with Gasteiger partial charge in [0.05, 0.1) is 11.4 Å². The Balaban J connectivity index is 1.55. The molecule has 2 aliphatic rings. The van der Waals surface area contributed by atoms with Gasteiger partial charge < -0.3 is 4.74 Å². The van der Waals surface area contributed by atoms with Crippen molar-refractivity contribution in [1.29, 1.82) is 0 Å². The fourth-order valence-corrected chi connectivity index (χ4v) is 4.38. The van der Waals surface area contributed by atoms with Gasteiger partial charge in [-0.1, -0.05) is 55.0 Å². The lowest BCUT2D eigenvalue weighted by molar-refractivity contribution is 0.0727. The van der Waals surface area contributed by atoms with Crippen molar-refractivity contribution in [2.75, 3.05) is 0 Å². The highest BCUT2D eigenvalue weighted by Gasteiger charge is 2.30. The number of alkyl carbamates (subject to hydrolysis) is 1. The van der Waals surface area contributed by atoms with Crippen LogP contribution < -0.4 is 5.32 Å². The predicted molar refractivity (Wildman–Crippen MR) is 117 cm³/mol. The summed E-state index contributed by atoms with van der Waals surface area (Å²) in [5, 5.41) is 11.6. The zero-order valence-corrected chi connectivity index (χ0v) is 17.5. The molecule has 7 heteroatoms. The van der Waals surface area contributed by atoms with Gasteiger partial charge in [-0.05, 0) is 38.7 Å². The van der Waals surface area contributed by atoms with Crippen molar-refractivity contribution in [1.82, 2.24) is 20.1 Å². The SMILES string of the molecule is Cc1nnc2n1-c1ccccc1C(c1ccccc1)=NC2NC(=O)OC1CCCCC1. The number of nitrogens with zero attached hydrogens (tertiary/aromatic N) is 4. The number of aryl methyl sites for hydroxylation is 1. The second kappa shape index (κ2) is 8.34. The fourth-order valence-electron chi connectivity index (χ4n) is 4.38. The first kappa shape index (κ1) is 19.5. The van der Waals surface area contributed by atoms with Crippen LogP contribution in [0.2, 0.25) is 0 Å². The van der Waals surface area contributed by atoms with E-state index in [1.165, 1.54) is 6.42 Å². The summed E-state index contributed by atoms with van der Waals surface area (Å²) < 4.78 is 7.66. The first-order valence-corrected chi connectivity index (χ1v) is 10.8. The van der Waals surface area contributed by atoms with E-state index in [4.69, 9.17) is 9.73 Å². The van der Waals surface area contributed by atoms with Gasteiger partial charge in [-0.3, -0.25) is 14.9 Å². The maximum Gasteiger partial charge on any atom is 0.409 e. The predicted octanol–water partition coefficient (Wildman–Crippen LogP) is 4.48. The molecule has 1 aliphatic heterocycles. The summed E-state index contributed by atoms with van der Waals surface area (Å²) in [5.74, 6) is 1.30. The Morgan fingerprint density at radius 2 is 1.74 bits per heavy atom. The highest BCUT2D eigenvalue weighted by molar-refractivity contribution is 6.15. The van der Waals surface area contributed by atoms with Crippen molar-refractivity contribution in [3.63, 3.8) is 0 Å². The molecule has 1 amide bonds. The van der Waals surface area contributed by atoms with Crippen LogP contribution in [0.5, 0.6) is 0 Å². The van der Waals surface area contributed by atoms with Gasteiger partial charge in [0.15, 0.2) is 12.0 Å². The monoisotopic (exact) mass is 415 g/mol. The average molecular weight is 415 g/mol. The third-order valence-electron chi connectivity index (χ3n) is 5.88. The van der Waals surface area contributed by atoms with Gasteiger partial charge in [0.25, 0.3) is 0 Å². The number of hydrogen-bond donors (Lipinski definition) is 1. The van der Waals surface area contributed by atoms with E-state index in [-0.39, 0.29) is 6.10 Å². The van der Waals surface area contributed by atoms with Gasteiger partial charge >= 0.3 is 6.09 Å². The molecule has 158 valence electrons. The van der Waals surface area contributed by atoms with Crippen LogP contribution in [-0.4, -0.2) is 32.7 Å². The maximum atomic E-state index is 12.8. The average Bonchev–Trinajstić information content (AvgIpc) is 3.12. The molecule has 0 saturated heterocycles. The molecule has 0 radical (unpaired) electrons. The van der Waals surface area contributed by atoms with Gasteiger partial charge in [0, 0.05) is 11.1 Å². The Hall–Kier alpha value is -3.48. The molecule has 1 aliphatic carbocycles. The smallest absolute Gasteiger partial charge is 0.409 e. The number of fused-ring (bicyclic) bond motifs is 3. The third kappa shape index (κ3) is 3.83. The number of aliphatic imine (C=N–C) groups is 1. The lowest BCUT2D eigenvalue weighted by atomic mass is 9.98. The van der Waals surface area contributed by atoms with E-state index in [1.807, 2.05) is 66.1 Å². The van der Waals surface area contributed by atoms with E-state index in [0.29, 0.717) is 5.82 Å². The fraction of sp³-hybridized carbons (Fsp3) is 0.333. The van der Waals surface area contributed by atoms with Crippen LogP contribution in [0.1, 0.15) is 61.0 Å². The van der Waals surface area contributed by atoms with Crippen molar-refractivity contribution in [3.05, 3.63) is 77.4 Å². The molecule has 1 fully saturated rings. The minimum atomic E-state index is -0.708. The van der Waals surface area contributed by atoms with Crippen molar-refractivity contribution in [3.8, 4) is 5.69 Å². The highest BCUT2D eigenvalue weighted by atomic mass is 16.6. The van der Waals surface area contributed by atoms with Crippen LogP contribution in [0.15, 0.2) is 59.6 Å². The second-order valence-corrected chi connectivity index (χ2v) is 8.01. The Bertz CT molecular complexity index is 1120. The van der Waals surface area contributed by atoms with Crippen molar-refractivity contribution in [2.45, 2.75) is 51.3 Å². The summed E-state index contributed by atoms with van der Waals surface area (Å²) in [6.07, 6.45) is 4.02. The van der Waals surface area contributed by atoms with Crippen LogP contribution in [0.4, 0.5) is 4.79 Å². The van der Waals surface area contributed by atoms with Gasteiger partial charge in [0.2, 0.25) is 0 Å². The van der Waals surface area contributed by atoms with E-state index in [2.05, 4.69) is 15.5 Å². The van der Waals surface area contributed by atoms with Crippen LogP contribution in [0, 0.1) is 6.92 Å². The number of hydrogen-bond acceptors (Lipinski definition) is 5. The van der Waals surface area contributed by atoms with Crippen molar-refractivity contribution >= 4 is 11.8 Å². The lowest BCUT2D eigenvalue weighted by Crippen LogP contribution is -2.33. The summed E-state index contributed by atoms with van der Waals surface area (Å²) in [5.41, 5.74) is 3.66. The quantitative estimate of drug-likeness (QED) is 0.684. The molecule has 1 unspecified atom stereocenters. The molecule has 1 atom stereocenters. The van der Waals surface area contributed by atoms with Crippen LogP contribution in [0.25, 0.3) is 5.69 Å². The number of ether oxygens (including phenoxy) is 1. The summed E-state index contributed by atoms with van der Waals surface area (Å²) in [7, 11) is 0. The molecule has 0 bridgehead atoms. The zero-order valence-electron chi connectivity index (χ0n) is 17.5. The lowest BCUT2D eigenvalue weighted by Gasteiger charge is -2.23. The van der Waals surface area contributed by atoms with Crippen molar-refractivity contribution in [2.24, 2.45) is 4.99 Å². The first-order chi connectivity index (χ1) is 15.2. The van der Waals surface area contributed by atoms with Crippen LogP contribution >= 0.6 is 0 Å². The molecule has 7 nitrogen and oxygen atoms in total. The van der Waals surface area contributed by atoms with Crippen molar-refractivity contribution < 1.29 is 9.53 Å².